The third kappa shape index (κ3) is 4.45. The molecule has 10 heteroatoms. The van der Waals surface area contributed by atoms with E-state index in [-0.39, 0.29) is 9.50 Å². The van der Waals surface area contributed by atoms with Crippen molar-refractivity contribution in [2.45, 2.75) is 31.2 Å². The Labute approximate surface area is 135 Å². The van der Waals surface area contributed by atoms with Gasteiger partial charge in [0.05, 0.1) is 15.2 Å². The number of hydrogen-bond donors (Lipinski definition) is 3. The second kappa shape index (κ2) is 5.98. The molecule has 0 radical (unpaired) electrons. The molecule has 0 fully saturated rings. The van der Waals surface area contributed by atoms with E-state index in [0.29, 0.717) is 0 Å². The number of urea groups is 1. The fourth-order valence-electron chi connectivity index (χ4n) is 1.34. The van der Waals surface area contributed by atoms with Gasteiger partial charge in [-0.15, -0.1) is 0 Å². The normalized spacial score (nSPS) is 12.1. The molecule has 118 valence electrons. The smallest absolute Gasteiger partial charge is 0.329 e. The maximum Gasteiger partial charge on any atom is 0.329 e. The lowest BCUT2D eigenvalue weighted by atomic mass is 10.1. The zero-order valence-electron chi connectivity index (χ0n) is 11.4. The predicted molar refractivity (Wildman–Crippen MR) is 82.1 cm³/mol. The Morgan fingerprint density at radius 2 is 1.95 bits per heavy atom. The van der Waals surface area contributed by atoms with Crippen molar-refractivity contribution in [3.8, 4) is 0 Å². The topological polar surface area (TPSA) is 101 Å². The van der Waals surface area contributed by atoms with E-state index < -0.39 is 38.0 Å². The first kappa shape index (κ1) is 18.0. The Hall–Kier alpha value is -1.06. The van der Waals surface area contributed by atoms with E-state index in [1.807, 2.05) is 0 Å². The standard InChI is InChI=1S/C11H14BrClFN3O3S/c1-11(2,3)16-10(18)17-21(19,20)6-4-5(13)7(12)9(15)8(6)14/h4H,15H2,1-3H3,(H2,16,17,18). The van der Waals surface area contributed by atoms with Crippen LogP contribution < -0.4 is 15.8 Å². The Morgan fingerprint density at radius 3 is 2.43 bits per heavy atom. The molecular weight excluding hydrogens is 389 g/mol. The third-order valence-corrected chi connectivity index (χ3v) is 4.87. The van der Waals surface area contributed by atoms with E-state index in [1.54, 1.807) is 25.5 Å². The van der Waals surface area contributed by atoms with Gasteiger partial charge in [0.25, 0.3) is 10.0 Å². The largest absolute Gasteiger partial charge is 0.395 e. The van der Waals surface area contributed by atoms with Crippen molar-refractivity contribution in [3.63, 3.8) is 0 Å². The zero-order valence-corrected chi connectivity index (χ0v) is 14.6. The van der Waals surface area contributed by atoms with E-state index in [1.165, 1.54) is 0 Å². The summed E-state index contributed by atoms with van der Waals surface area (Å²) in [4.78, 5) is 10.8. The van der Waals surface area contributed by atoms with Crippen LogP contribution in [0.4, 0.5) is 14.9 Å². The summed E-state index contributed by atoms with van der Waals surface area (Å²) in [5.74, 6) is -1.19. The van der Waals surface area contributed by atoms with E-state index in [0.717, 1.165) is 6.07 Å². The van der Waals surface area contributed by atoms with Crippen LogP contribution in [0.3, 0.4) is 0 Å². The van der Waals surface area contributed by atoms with Crippen molar-refractivity contribution in [2.75, 3.05) is 5.73 Å². The zero-order chi connectivity index (χ0) is 16.6. The summed E-state index contributed by atoms with van der Waals surface area (Å²) < 4.78 is 39.7. The molecule has 0 heterocycles. The summed E-state index contributed by atoms with van der Waals surface area (Å²) in [5, 5.41) is 2.29. The molecule has 0 aliphatic rings. The molecule has 0 aromatic heterocycles. The molecule has 1 aromatic carbocycles. The van der Waals surface area contributed by atoms with Gasteiger partial charge in [-0.1, -0.05) is 11.6 Å². The molecule has 2 amide bonds. The van der Waals surface area contributed by atoms with Gasteiger partial charge in [0, 0.05) is 5.54 Å². The number of anilines is 1. The number of rotatable bonds is 2. The van der Waals surface area contributed by atoms with Crippen molar-refractivity contribution >= 4 is 49.3 Å². The first-order chi connectivity index (χ1) is 9.35. The van der Waals surface area contributed by atoms with Crippen LogP contribution in [0.5, 0.6) is 0 Å². The molecule has 0 aliphatic carbocycles. The van der Waals surface area contributed by atoms with E-state index in [2.05, 4.69) is 21.2 Å². The number of halogens is 3. The van der Waals surface area contributed by atoms with Crippen LogP contribution in [-0.4, -0.2) is 20.0 Å². The van der Waals surface area contributed by atoms with Gasteiger partial charge in [0.15, 0.2) is 5.82 Å². The molecular formula is C11H14BrClFN3O3S. The molecule has 0 aliphatic heterocycles. The highest BCUT2D eigenvalue weighted by Gasteiger charge is 2.27. The SMILES string of the molecule is CC(C)(C)NC(=O)NS(=O)(=O)c1cc(Cl)c(Br)c(N)c1F. The van der Waals surface area contributed by atoms with Crippen molar-refractivity contribution < 1.29 is 17.6 Å². The monoisotopic (exact) mass is 401 g/mol. The van der Waals surface area contributed by atoms with Crippen LogP contribution >= 0.6 is 27.5 Å². The maximum absolute atomic E-state index is 14.0. The molecule has 0 unspecified atom stereocenters. The molecule has 0 atom stereocenters. The van der Waals surface area contributed by atoms with E-state index in [4.69, 9.17) is 17.3 Å². The molecule has 1 aromatic rings. The minimum atomic E-state index is -4.45. The summed E-state index contributed by atoms with van der Waals surface area (Å²) in [5.41, 5.74) is 4.30. The fraction of sp³-hybridized carbons (Fsp3) is 0.364. The quantitative estimate of drug-likeness (QED) is 0.523. The number of amides is 2. The minimum Gasteiger partial charge on any atom is -0.395 e. The highest BCUT2D eigenvalue weighted by molar-refractivity contribution is 9.10. The Morgan fingerprint density at radius 1 is 1.43 bits per heavy atom. The van der Waals surface area contributed by atoms with Gasteiger partial charge in [-0.3, -0.25) is 0 Å². The van der Waals surface area contributed by atoms with Gasteiger partial charge < -0.3 is 11.1 Å². The first-order valence-corrected chi connectivity index (χ1v) is 8.28. The first-order valence-electron chi connectivity index (χ1n) is 5.63. The number of nitrogens with one attached hydrogen (secondary N) is 2. The Kier molecular flexibility index (Phi) is 5.12. The Balaban J connectivity index is 3.19. The van der Waals surface area contributed by atoms with Crippen LogP contribution in [-0.2, 0) is 10.0 Å². The number of benzene rings is 1. The number of sulfonamides is 1. The van der Waals surface area contributed by atoms with Crippen molar-refractivity contribution in [2.24, 2.45) is 0 Å². The van der Waals surface area contributed by atoms with Crippen LogP contribution in [0, 0.1) is 5.82 Å². The van der Waals surface area contributed by atoms with E-state index >= 15 is 0 Å². The molecule has 0 bridgehead atoms. The van der Waals surface area contributed by atoms with Crippen LogP contribution in [0.1, 0.15) is 20.8 Å². The Bertz CT molecular complexity index is 689. The summed E-state index contributed by atoms with van der Waals surface area (Å²) in [6, 6.07) is -0.121. The second-order valence-corrected chi connectivity index (χ2v) is 8.06. The molecule has 0 saturated heterocycles. The lowest BCUT2D eigenvalue weighted by molar-refractivity contribution is 0.237. The van der Waals surface area contributed by atoms with Gasteiger partial charge in [-0.25, -0.2) is 22.3 Å². The average Bonchev–Trinajstić information content (AvgIpc) is 2.27. The molecule has 0 saturated carbocycles. The molecule has 21 heavy (non-hydrogen) atoms. The third-order valence-electron chi connectivity index (χ3n) is 2.16. The van der Waals surface area contributed by atoms with Gasteiger partial charge in [0.2, 0.25) is 0 Å². The van der Waals surface area contributed by atoms with Crippen molar-refractivity contribution in [1.82, 2.24) is 10.0 Å². The number of nitrogens with two attached hydrogens (primary N) is 1. The number of hydrogen-bond acceptors (Lipinski definition) is 4. The van der Waals surface area contributed by atoms with Crippen molar-refractivity contribution in [1.29, 1.82) is 0 Å². The van der Waals surface area contributed by atoms with Gasteiger partial charge in [0.1, 0.15) is 4.90 Å². The lowest BCUT2D eigenvalue weighted by Gasteiger charge is -2.20. The van der Waals surface area contributed by atoms with E-state index in [9.17, 15) is 17.6 Å². The van der Waals surface area contributed by atoms with Gasteiger partial charge in [-0.05, 0) is 42.8 Å². The highest BCUT2D eigenvalue weighted by atomic mass is 79.9. The maximum atomic E-state index is 14.0. The van der Waals surface area contributed by atoms with Crippen LogP contribution in [0.2, 0.25) is 5.02 Å². The number of nitrogen functional groups attached to an aromatic ring is 1. The lowest BCUT2D eigenvalue weighted by Crippen LogP contribution is -2.48. The molecule has 6 nitrogen and oxygen atoms in total. The summed E-state index contributed by atoms with van der Waals surface area (Å²) in [7, 11) is -4.45. The summed E-state index contributed by atoms with van der Waals surface area (Å²) in [6.07, 6.45) is 0. The van der Waals surface area contributed by atoms with Gasteiger partial charge >= 0.3 is 6.03 Å². The minimum absolute atomic E-state index is 0.0414. The van der Waals surface area contributed by atoms with Gasteiger partial charge in [-0.2, -0.15) is 0 Å². The predicted octanol–water partition coefficient (Wildman–Crippen LogP) is 2.61. The highest BCUT2D eigenvalue weighted by Crippen LogP contribution is 2.34. The summed E-state index contributed by atoms with van der Waals surface area (Å²) in [6.45, 7) is 4.98. The average molecular weight is 403 g/mol. The molecule has 4 N–H and O–H groups in total. The second-order valence-electron chi connectivity index (χ2n) is 5.21. The molecule has 0 spiro atoms. The summed E-state index contributed by atoms with van der Waals surface area (Å²) >= 11 is 8.68. The number of carbonyl (C=O) groups is 1. The van der Waals surface area contributed by atoms with Crippen molar-refractivity contribution in [3.05, 3.63) is 21.4 Å². The molecule has 1 rings (SSSR count). The van der Waals surface area contributed by atoms with Crippen LogP contribution in [0.15, 0.2) is 15.4 Å². The number of carbonyl (C=O) groups excluding carboxylic acids is 1. The fourth-order valence-corrected chi connectivity index (χ4v) is 2.93. The van der Waals surface area contributed by atoms with Crippen LogP contribution in [0.25, 0.3) is 0 Å².